The summed E-state index contributed by atoms with van der Waals surface area (Å²) in [6.07, 6.45) is 1.49. The van der Waals surface area contributed by atoms with Crippen LogP contribution in [-0.4, -0.2) is 65.7 Å². The van der Waals surface area contributed by atoms with Gasteiger partial charge in [-0.25, -0.2) is 13.1 Å². The average Bonchev–Trinajstić information content (AvgIpc) is 3.44. The molecule has 154 valence electrons. The van der Waals surface area contributed by atoms with Crippen molar-refractivity contribution in [3.63, 3.8) is 0 Å². The van der Waals surface area contributed by atoms with Gasteiger partial charge in [0.1, 0.15) is 0 Å². The van der Waals surface area contributed by atoms with Crippen LogP contribution in [0.15, 0.2) is 29.2 Å². The molecule has 0 unspecified atom stereocenters. The van der Waals surface area contributed by atoms with Crippen LogP contribution in [0, 0.1) is 0 Å². The number of nitrogens with zero attached hydrogens (tertiary/aromatic N) is 1. The van der Waals surface area contributed by atoms with Gasteiger partial charge in [0.25, 0.3) is 0 Å². The monoisotopic (exact) mass is 439 g/mol. The molecule has 0 amide bonds. The van der Waals surface area contributed by atoms with E-state index in [9.17, 15) is 13.2 Å². The Labute approximate surface area is 173 Å². The third-order valence-corrected chi connectivity index (χ3v) is 6.45. The molecular formula is C17H27Cl2N3O4S. The van der Waals surface area contributed by atoms with E-state index in [0.29, 0.717) is 13.1 Å². The van der Waals surface area contributed by atoms with Gasteiger partial charge < -0.3 is 10.1 Å². The first kappa shape index (κ1) is 24.1. The van der Waals surface area contributed by atoms with Crippen molar-refractivity contribution in [1.29, 1.82) is 0 Å². The Hall–Kier alpha value is -0.900. The number of benzene rings is 1. The van der Waals surface area contributed by atoms with Crippen LogP contribution in [0.5, 0.6) is 0 Å². The fourth-order valence-electron chi connectivity index (χ4n) is 3.24. The lowest BCUT2D eigenvalue weighted by molar-refractivity contribution is -0.143. The fourth-order valence-corrected chi connectivity index (χ4v) is 4.26. The van der Waals surface area contributed by atoms with Crippen LogP contribution in [0.4, 0.5) is 0 Å². The zero-order valence-corrected chi connectivity index (χ0v) is 17.7. The van der Waals surface area contributed by atoms with Gasteiger partial charge in [-0.15, -0.1) is 24.8 Å². The van der Waals surface area contributed by atoms with E-state index < -0.39 is 15.4 Å². The first-order valence-corrected chi connectivity index (χ1v) is 10.1. The normalized spacial score (nSPS) is 18.7. The summed E-state index contributed by atoms with van der Waals surface area (Å²) in [5.74, 6) is -0.253. The van der Waals surface area contributed by atoms with Crippen LogP contribution in [0.1, 0.15) is 18.4 Å². The number of carbonyl (C=O) groups excluding carboxylic acids is 1. The lowest BCUT2D eigenvalue weighted by Gasteiger charge is -2.27. The SMILES string of the molecule is COC(=O)C1(c2ccc(S(=O)(=O)NCCN3CCNCC3)cc2)CC1.Cl.Cl. The third kappa shape index (κ3) is 5.56. The summed E-state index contributed by atoms with van der Waals surface area (Å²) in [5.41, 5.74) is 0.242. The van der Waals surface area contributed by atoms with Crippen LogP contribution >= 0.6 is 24.8 Å². The summed E-state index contributed by atoms with van der Waals surface area (Å²) in [7, 11) is -2.16. The number of hydrogen-bond donors (Lipinski definition) is 2. The van der Waals surface area contributed by atoms with Crippen LogP contribution in [0.2, 0.25) is 0 Å². The molecule has 0 radical (unpaired) electrons. The first-order chi connectivity index (χ1) is 12.0. The van der Waals surface area contributed by atoms with E-state index in [-0.39, 0.29) is 35.7 Å². The molecule has 27 heavy (non-hydrogen) atoms. The number of sulfonamides is 1. The average molecular weight is 440 g/mol. The smallest absolute Gasteiger partial charge is 0.316 e. The minimum absolute atomic E-state index is 0. The zero-order chi connectivity index (χ0) is 17.9. The molecule has 7 nitrogen and oxygen atoms in total. The number of ether oxygens (including phenoxy) is 1. The highest BCUT2D eigenvalue weighted by Crippen LogP contribution is 2.49. The predicted octanol–water partition coefficient (Wildman–Crippen LogP) is 0.918. The third-order valence-electron chi connectivity index (χ3n) is 4.97. The molecule has 0 spiro atoms. The van der Waals surface area contributed by atoms with E-state index in [2.05, 4.69) is 14.9 Å². The minimum Gasteiger partial charge on any atom is -0.468 e. The maximum atomic E-state index is 12.4. The van der Waals surface area contributed by atoms with Gasteiger partial charge in [-0.05, 0) is 30.5 Å². The van der Waals surface area contributed by atoms with Gasteiger partial charge in [0.15, 0.2) is 0 Å². The standard InChI is InChI=1S/C17H25N3O4S.2ClH/c1-24-16(21)17(6-7-17)14-2-4-15(5-3-14)25(22,23)19-10-13-20-11-8-18-9-12-20;;/h2-5,18-19H,6-13H2,1H3;2*1H. The number of nitrogens with one attached hydrogen (secondary N) is 2. The van der Waals surface area contributed by atoms with Crippen molar-refractivity contribution in [2.75, 3.05) is 46.4 Å². The van der Waals surface area contributed by atoms with E-state index in [1.54, 1.807) is 24.3 Å². The van der Waals surface area contributed by atoms with Crippen molar-refractivity contribution in [3.8, 4) is 0 Å². The largest absolute Gasteiger partial charge is 0.468 e. The molecule has 2 N–H and O–H groups in total. The highest BCUT2D eigenvalue weighted by atomic mass is 35.5. The maximum absolute atomic E-state index is 12.4. The summed E-state index contributed by atoms with van der Waals surface area (Å²) in [5, 5.41) is 3.27. The number of halogens is 2. The van der Waals surface area contributed by atoms with Gasteiger partial charge in [-0.2, -0.15) is 0 Å². The van der Waals surface area contributed by atoms with Crippen molar-refractivity contribution in [3.05, 3.63) is 29.8 Å². The molecule has 1 saturated carbocycles. The Morgan fingerprint density at radius 2 is 1.78 bits per heavy atom. The van der Waals surface area contributed by atoms with Crippen molar-refractivity contribution in [2.45, 2.75) is 23.2 Å². The summed E-state index contributed by atoms with van der Waals surface area (Å²) >= 11 is 0. The van der Waals surface area contributed by atoms with E-state index in [0.717, 1.165) is 44.6 Å². The second-order valence-electron chi connectivity index (χ2n) is 6.59. The molecule has 1 aliphatic carbocycles. The van der Waals surface area contributed by atoms with Crippen LogP contribution in [0.3, 0.4) is 0 Å². The molecule has 1 heterocycles. The van der Waals surface area contributed by atoms with Crippen molar-refractivity contribution in [1.82, 2.24) is 14.9 Å². The summed E-state index contributed by atoms with van der Waals surface area (Å²) in [4.78, 5) is 14.4. The molecule has 3 rings (SSSR count). The zero-order valence-electron chi connectivity index (χ0n) is 15.3. The molecule has 0 atom stereocenters. The second-order valence-corrected chi connectivity index (χ2v) is 8.35. The summed E-state index contributed by atoms with van der Waals surface area (Å²) in [6.45, 7) is 4.84. The number of rotatable bonds is 7. The maximum Gasteiger partial charge on any atom is 0.316 e. The molecule has 0 aromatic heterocycles. The molecule has 2 fully saturated rings. The number of methoxy groups -OCH3 is 1. The number of esters is 1. The van der Waals surface area contributed by atoms with Crippen molar-refractivity contribution in [2.24, 2.45) is 0 Å². The van der Waals surface area contributed by atoms with Crippen LogP contribution in [0.25, 0.3) is 0 Å². The molecule has 1 aromatic carbocycles. The highest BCUT2D eigenvalue weighted by Gasteiger charge is 2.52. The van der Waals surface area contributed by atoms with Crippen LogP contribution < -0.4 is 10.0 Å². The van der Waals surface area contributed by atoms with E-state index in [4.69, 9.17) is 4.74 Å². The Balaban J connectivity index is 0.00000182. The molecule has 1 aromatic rings. The first-order valence-electron chi connectivity index (χ1n) is 8.60. The van der Waals surface area contributed by atoms with Gasteiger partial charge in [0.05, 0.1) is 17.4 Å². The Bertz CT molecular complexity index is 718. The molecule has 1 saturated heterocycles. The van der Waals surface area contributed by atoms with Gasteiger partial charge >= 0.3 is 5.97 Å². The summed E-state index contributed by atoms with van der Waals surface area (Å²) in [6, 6.07) is 6.56. The molecule has 2 aliphatic rings. The quantitative estimate of drug-likeness (QED) is 0.614. The van der Waals surface area contributed by atoms with E-state index in [1.165, 1.54) is 7.11 Å². The van der Waals surface area contributed by atoms with E-state index >= 15 is 0 Å². The lowest BCUT2D eigenvalue weighted by Crippen LogP contribution is -2.46. The van der Waals surface area contributed by atoms with E-state index in [1.807, 2.05) is 0 Å². The Morgan fingerprint density at radius 3 is 2.30 bits per heavy atom. The number of hydrogen-bond acceptors (Lipinski definition) is 6. The summed E-state index contributed by atoms with van der Waals surface area (Å²) < 4.78 is 32.3. The van der Waals surface area contributed by atoms with Gasteiger partial charge in [-0.3, -0.25) is 9.69 Å². The van der Waals surface area contributed by atoms with Gasteiger partial charge in [-0.1, -0.05) is 12.1 Å². The highest BCUT2D eigenvalue weighted by molar-refractivity contribution is 7.89. The lowest BCUT2D eigenvalue weighted by atomic mass is 9.96. The second kappa shape index (κ2) is 10.0. The van der Waals surface area contributed by atoms with Crippen molar-refractivity contribution >= 4 is 40.8 Å². The van der Waals surface area contributed by atoms with Gasteiger partial charge in [0, 0.05) is 39.3 Å². The topological polar surface area (TPSA) is 87.7 Å². The Morgan fingerprint density at radius 1 is 1.19 bits per heavy atom. The van der Waals surface area contributed by atoms with Crippen molar-refractivity contribution < 1.29 is 17.9 Å². The fraction of sp³-hybridized carbons (Fsp3) is 0.588. The molecule has 10 heteroatoms. The number of carbonyl (C=O) groups is 1. The van der Waals surface area contributed by atoms with Crippen LogP contribution in [-0.2, 0) is 25.0 Å². The molecular weight excluding hydrogens is 413 g/mol. The minimum atomic E-state index is -3.54. The van der Waals surface area contributed by atoms with Gasteiger partial charge in [0.2, 0.25) is 10.0 Å². The molecule has 0 bridgehead atoms. The predicted molar refractivity (Wildman–Crippen MR) is 108 cm³/mol. The Kier molecular flexibility index (Phi) is 8.98. The molecule has 1 aliphatic heterocycles. The number of piperazine rings is 1.